The van der Waals surface area contributed by atoms with Crippen molar-refractivity contribution in [2.75, 3.05) is 40.5 Å². The Morgan fingerprint density at radius 1 is 1.25 bits per heavy atom. The van der Waals surface area contributed by atoms with Crippen LogP contribution in [0.3, 0.4) is 0 Å². The van der Waals surface area contributed by atoms with Gasteiger partial charge < -0.3 is 20.1 Å². The highest BCUT2D eigenvalue weighted by molar-refractivity contribution is 14.0. The number of halogens is 1. The number of methoxy groups -OCH3 is 1. The second-order valence-corrected chi connectivity index (χ2v) is 5.91. The molecule has 1 saturated carbocycles. The zero-order valence-electron chi connectivity index (χ0n) is 14.9. The minimum atomic E-state index is 0. The molecule has 1 fully saturated rings. The van der Waals surface area contributed by atoms with Crippen molar-refractivity contribution in [1.29, 1.82) is 0 Å². The first-order valence-corrected chi connectivity index (χ1v) is 8.35. The van der Waals surface area contributed by atoms with E-state index in [1.165, 1.54) is 17.5 Å². The van der Waals surface area contributed by atoms with E-state index in [4.69, 9.17) is 9.47 Å². The molecule has 1 aliphatic rings. The van der Waals surface area contributed by atoms with Gasteiger partial charge in [-0.3, -0.25) is 4.99 Å². The summed E-state index contributed by atoms with van der Waals surface area (Å²) in [4.78, 5) is 4.30. The van der Waals surface area contributed by atoms with Gasteiger partial charge in [-0.2, -0.15) is 0 Å². The Morgan fingerprint density at radius 2 is 2.04 bits per heavy atom. The molecule has 0 bridgehead atoms. The highest BCUT2D eigenvalue weighted by Gasteiger charge is 2.39. The second-order valence-electron chi connectivity index (χ2n) is 5.91. The molecule has 2 unspecified atom stereocenters. The maximum Gasteiger partial charge on any atom is 0.191 e. The van der Waals surface area contributed by atoms with Crippen LogP contribution in [0.5, 0.6) is 0 Å². The third-order valence-corrected chi connectivity index (χ3v) is 4.11. The number of aryl methyl sites for hydroxylation is 1. The van der Waals surface area contributed by atoms with Crippen molar-refractivity contribution in [3.63, 3.8) is 0 Å². The molecule has 5 nitrogen and oxygen atoms in total. The number of hydrogen-bond acceptors (Lipinski definition) is 3. The lowest BCUT2D eigenvalue weighted by Crippen LogP contribution is -2.39. The molecule has 0 aliphatic heterocycles. The molecule has 0 aromatic heterocycles. The summed E-state index contributed by atoms with van der Waals surface area (Å²) in [7, 11) is 3.50. The van der Waals surface area contributed by atoms with Gasteiger partial charge in [-0.1, -0.05) is 24.3 Å². The van der Waals surface area contributed by atoms with Crippen LogP contribution < -0.4 is 10.6 Å². The van der Waals surface area contributed by atoms with E-state index in [2.05, 4.69) is 46.8 Å². The van der Waals surface area contributed by atoms with Crippen LogP contribution in [0.1, 0.15) is 29.9 Å². The largest absolute Gasteiger partial charge is 0.382 e. The smallest absolute Gasteiger partial charge is 0.191 e. The quantitative estimate of drug-likeness (QED) is 0.265. The molecule has 6 heteroatoms. The molecule has 2 atom stereocenters. The normalized spacial score (nSPS) is 19.5. The first kappa shape index (κ1) is 21.2. The minimum Gasteiger partial charge on any atom is -0.382 e. The van der Waals surface area contributed by atoms with Gasteiger partial charge in [0.25, 0.3) is 0 Å². The van der Waals surface area contributed by atoms with Crippen LogP contribution in [-0.2, 0) is 9.47 Å². The number of nitrogens with zero attached hydrogens (tertiary/aromatic N) is 1. The predicted molar refractivity (Wildman–Crippen MR) is 110 cm³/mol. The van der Waals surface area contributed by atoms with E-state index < -0.39 is 0 Å². The Labute approximate surface area is 162 Å². The summed E-state index contributed by atoms with van der Waals surface area (Å²) in [5.41, 5.74) is 2.82. The Hall–Kier alpha value is -0.860. The third kappa shape index (κ3) is 6.94. The molecule has 0 radical (unpaired) electrons. The Morgan fingerprint density at radius 3 is 2.75 bits per heavy atom. The number of aliphatic imine (C=N–C) groups is 1. The van der Waals surface area contributed by atoms with Crippen molar-refractivity contribution in [2.45, 2.75) is 31.7 Å². The van der Waals surface area contributed by atoms with Crippen molar-refractivity contribution >= 4 is 29.9 Å². The highest BCUT2D eigenvalue weighted by Crippen LogP contribution is 2.41. The van der Waals surface area contributed by atoms with Gasteiger partial charge >= 0.3 is 0 Å². The fraction of sp³-hybridized carbons (Fsp3) is 0.611. The molecule has 2 rings (SSSR count). The van der Waals surface area contributed by atoms with Gasteiger partial charge in [0.2, 0.25) is 0 Å². The predicted octanol–water partition coefficient (Wildman–Crippen LogP) is 2.69. The van der Waals surface area contributed by atoms with Crippen molar-refractivity contribution in [2.24, 2.45) is 4.99 Å². The van der Waals surface area contributed by atoms with Crippen molar-refractivity contribution in [1.82, 2.24) is 10.6 Å². The summed E-state index contributed by atoms with van der Waals surface area (Å²) < 4.78 is 10.4. The summed E-state index contributed by atoms with van der Waals surface area (Å²) >= 11 is 0. The van der Waals surface area contributed by atoms with Crippen LogP contribution in [0.25, 0.3) is 0 Å². The summed E-state index contributed by atoms with van der Waals surface area (Å²) in [5.74, 6) is 1.48. The number of guanidine groups is 1. The van der Waals surface area contributed by atoms with Crippen LogP contribution in [0.15, 0.2) is 29.3 Å². The van der Waals surface area contributed by atoms with Crippen LogP contribution in [0, 0.1) is 6.92 Å². The van der Waals surface area contributed by atoms with Gasteiger partial charge in [-0.15, -0.1) is 24.0 Å². The molecule has 0 heterocycles. The molecule has 1 aromatic carbocycles. The Kier molecular flexibility index (Phi) is 10.3. The standard InChI is InChI=1S/C18H29N3O2.HI/c1-14-7-4-5-8-15(14)16-13-17(16)21-18(19-2)20-9-6-10-23-12-11-22-3;/h4-5,7-8,16-17H,6,9-13H2,1-3H3,(H2,19,20,21);1H. The SMILES string of the molecule is CN=C(NCCCOCCOC)NC1CC1c1ccccc1C.I. The van der Waals surface area contributed by atoms with E-state index in [1.807, 2.05) is 7.05 Å². The topological polar surface area (TPSA) is 54.9 Å². The molecule has 0 spiro atoms. The lowest BCUT2D eigenvalue weighted by Gasteiger charge is -2.12. The van der Waals surface area contributed by atoms with Crippen molar-refractivity contribution < 1.29 is 9.47 Å². The first-order valence-electron chi connectivity index (χ1n) is 8.35. The maximum absolute atomic E-state index is 5.45. The number of nitrogens with one attached hydrogen (secondary N) is 2. The highest BCUT2D eigenvalue weighted by atomic mass is 127. The average molecular weight is 447 g/mol. The van der Waals surface area contributed by atoms with E-state index in [-0.39, 0.29) is 24.0 Å². The second kappa shape index (κ2) is 11.7. The van der Waals surface area contributed by atoms with Crippen LogP contribution in [0.2, 0.25) is 0 Å². The number of hydrogen-bond donors (Lipinski definition) is 2. The van der Waals surface area contributed by atoms with Gasteiger partial charge in [-0.25, -0.2) is 0 Å². The van der Waals surface area contributed by atoms with Crippen molar-refractivity contribution in [3.8, 4) is 0 Å². The molecule has 0 saturated heterocycles. The lowest BCUT2D eigenvalue weighted by atomic mass is 10.0. The van der Waals surface area contributed by atoms with Gasteiger partial charge in [0.05, 0.1) is 13.2 Å². The van der Waals surface area contributed by atoms with Crippen LogP contribution in [0.4, 0.5) is 0 Å². The lowest BCUT2D eigenvalue weighted by molar-refractivity contribution is 0.0698. The van der Waals surface area contributed by atoms with E-state index in [0.717, 1.165) is 25.5 Å². The average Bonchev–Trinajstić information content (AvgIpc) is 3.32. The molecule has 1 aliphatic carbocycles. The summed E-state index contributed by atoms with van der Waals surface area (Å²) in [5, 5.41) is 6.85. The fourth-order valence-electron chi connectivity index (χ4n) is 2.70. The molecule has 24 heavy (non-hydrogen) atoms. The minimum absolute atomic E-state index is 0. The molecule has 0 amide bonds. The van der Waals surface area contributed by atoms with E-state index in [1.54, 1.807) is 7.11 Å². The first-order chi connectivity index (χ1) is 11.3. The third-order valence-electron chi connectivity index (χ3n) is 4.11. The summed E-state index contributed by atoms with van der Waals surface area (Å²) in [6.45, 7) is 5.08. The molecule has 2 N–H and O–H groups in total. The van der Waals surface area contributed by atoms with E-state index in [0.29, 0.717) is 25.2 Å². The monoisotopic (exact) mass is 447 g/mol. The zero-order chi connectivity index (χ0) is 16.5. The van der Waals surface area contributed by atoms with Gasteiger partial charge in [-0.05, 0) is 30.9 Å². The van der Waals surface area contributed by atoms with E-state index >= 15 is 0 Å². The van der Waals surface area contributed by atoms with Crippen LogP contribution >= 0.6 is 24.0 Å². The van der Waals surface area contributed by atoms with Gasteiger partial charge in [0.15, 0.2) is 5.96 Å². The summed E-state index contributed by atoms with van der Waals surface area (Å²) in [6.07, 6.45) is 2.13. The summed E-state index contributed by atoms with van der Waals surface area (Å²) in [6, 6.07) is 9.12. The number of ether oxygens (including phenoxy) is 2. The number of rotatable bonds is 9. The number of benzene rings is 1. The Balaban J connectivity index is 0.00000288. The van der Waals surface area contributed by atoms with Gasteiger partial charge in [0, 0.05) is 39.3 Å². The van der Waals surface area contributed by atoms with E-state index in [9.17, 15) is 0 Å². The zero-order valence-corrected chi connectivity index (χ0v) is 17.2. The van der Waals surface area contributed by atoms with Crippen molar-refractivity contribution in [3.05, 3.63) is 35.4 Å². The Bertz CT molecular complexity index is 511. The molecular formula is C18H30IN3O2. The van der Waals surface area contributed by atoms with Crippen LogP contribution in [-0.4, -0.2) is 52.5 Å². The molecular weight excluding hydrogens is 417 g/mol. The molecule has 1 aromatic rings. The maximum atomic E-state index is 5.45. The van der Waals surface area contributed by atoms with Gasteiger partial charge in [0.1, 0.15) is 0 Å². The fourth-order valence-corrected chi connectivity index (χ4v) is 2.70. The molecule has 136 valence electrons.